The van der Waals surface area contributed by atoms with E-state index < -0.39 is 0 Å². The van der Waals surface area contributed by atoms with E-state index in [-0.39, 0.29) is 18.0 Å². The lowest BCUT2D eigenvalue weighted by molar-refractivity contribution is 0.00874. The van der Waals surface area contributed by atoms with Gasteiger partial charge in [0.2, 0.25) is 0 Å². The van der Waals surface area contributed by atoms with Crippen molar-refractivity contribution in [2.45, 2.75) is 77.9 Å². The van der Waals surface area contributed by atoms with Crippen LogP contribution in [0.25, 0.3) is 0 Å². The molecule has 1 fully saturated rings. The topological polar surface area (TPSA) is 110 Å². The first-order chi connectivity index (χ1) is 23.3. The van der Waals surface area contributed by atoms with Gasteiger partial charge in [0.05, 0.1) is 26.9 Å². The molecule has 260 valence electrons. The van der Waals surface area contributed by atoms with Gasteiger partial charge in [-0.25, -0.2) is 4.79 Å². The average molecular weight is 661 g/mol. The van der Waals surface area contributed by atoms with Gasteiger partial charge in [-0.05, 0) is 99.2 Å². The monoisotopic (exact) mass is 660 g/mol. The van der Waals surface area contributed by atoms with Crippen molar-refractivity contribution < 1.29 is 28.5 Å². The van der Waals surface area contributed by atoms with Crippen molar-refractivity contribution in [1.29, 1.82) is 0 Å². The average Bonchev–Trinajstić information content (AvgIpc) is 3.11. The molecule has 1 saturated heterocycles. The van der Waals surface area contributed by atoms with E-state index >= 15 is 0 Å². The van der Waals surface area contributed by atoms with Gasteiger partial charge < -0.3 is 39.8 Å². The smallest absolute Gasteiger partial charge is 0.319 e. The van der Waals surface area contributed by atoms with Crippen LogP contribution in [0.3, 0.4) is 0 Å². The third-order valence-electron chi connectivity index (χ3n) is 8.72. The van der Waals surface area contributed by atoms with Gasteiger partial charge in [-0.2, -0.15) is 0 Å². The molecule has 0 atom stereocenters. The van der Waals surface area contributed by atoms with Gasteiger partial charge in [0.1, 0.15) is 11.5 Å². The number of methoxy groups -OCH3 is 2. The third kappa shape index (κ3) is 10.9. The lowest BCUT2D eigenvalue weighted by Crippen LogP contribution is -2.37. The molecule has 4 rings (SSSR count). The fourth-order valence-electron chi connectivity index (χ4n) is 5.72. The minimum atomic E-state index is -0.264. The molecule has 0 aromatic heterocycles. The molecule has 10 nitrogen and oxygen atoms in total. The molecule has 3 N–H and O–H groups in total. The number of urea groups is 1. The van der Waals surface area contributed by atoms with Crippen LogP contribution in [0.4, 0.5) is 16.2 Å². The fraction of sp³-hybridized carbons (Fsp3) is 0.474. The van der Waals surface area contributed by atoms with Gasteiger partial charge in [0.25, 0.3) is 5.91 Å². The lowest BCUT2D eigenvalue weighted by atomic mass is 10.1. The summed E-state index contributed by atoms with van der Waals surface area (Å²) in [5, 5.41) is 8.74. The van der Waals surface area contributed by atoms with E-state index in [9.17, 15) is 9.59 Å². The Morgan fingerprint density at radius 1 is 0.833 bits per heavy atom. The summed E-state index contributed by atoms with van der Waals surface area (Å²) in [4.78, 5) is 28.0. The molecule has 0 saturated carbocycles. The van der Waals surface area contributed by atoms with Gasteiger partial charge >= 0.3 is 6.03 Å². The Kier molecular flexibility index (Phi) is 14.4. The van der Waals surface area contributed by atoms with Crippen molar-refractivity contribution in [2.75, 3.05) is 51.1 Å². The van der Waals surface area contributed by atoms with Crippen molar-refractivity contribution in [1.82, 2.24) is 10.2 Å². The predicted molar refractivity (Wildman–Crippen MR) is 191 cm³/mol. The second kappa shape index (κ2) is 18.9. The largest absolute Gasteiger partial charge is 0.496 e. The van der Waals surface area contributed by atoms with Crippen molar-refractivity contribution >= 4 is 23.3 Å². The molecular weight excluding hydrogens is 608 g/mol. The maximum Gasteiger partial charge on any atom is 0.319 e. The van der Waals surface area contributed by atoms with Crippen LogP contribution in [0.1, 0.15) is 75.2 Å². The highest BCUT2D eigenvalue weighted by Crippen LogP contribution is 2.34. The number of nitrogens with one attached hydrogen (secondary N) is 3. The van der Waals surface area contributed by atoms with E-state index in [4.69, 9.17) is 18.9 Å². The summed E-state index contributed by atoms with van der Waals surface area (Å²) in [6.45, 7) is 10.3. The number of likely N-dealkylation sites (tertiary alicyclic amines) is 1. The molecule has 0 bridgehead atoms. The number of hydrogen-bond donors (Lipinski definition) is 3. The van der Waals surface area contributed by atoms with Crippen molar-refractivity contribution in [3.05, 3.63) is 71.8 Å². The van der Waals surface area contributed by atoms with Crippen molar-refractivity contribution in [3.63, 3.8) is 0 Å². The molecule has 0 spiro atoms. The van der Waals surface area contributed by atoms with Crippen LogP contribution < -0.4 is 30.2 Å². The zero-order chi connectivity index (χ0) is 34.3. The Morgan fingerprint density at radius 3 is 2.21 bits per heavy atom. The minimum absolute atomic E-state index is 0.120. The Labute approximate surface area is 285 Å². The summed E-state index contributed by atoms with van der Waals surface area (Å²) in [6.07, 6.45) is 7.39. The number of ether oxygens (including phenoxy) is 4. The number of anilines is 2. The highest BCUT2D eigenvalue weighted by molar-refractivity contribution is 6.04. The van der Waals surface area contributed by atoms with Crippen molar-refractivity contribution in [3.8, 4) is 23.0 Å². The second-order valence-electron chi connectivity index (χ2n) is 12.1. The fourth-order valence-corrected chi connectivity index (χ4v) is 5.72. The lowest BCUT2D eigenvalue weighted by Gasteiger charge is -2.31. The molecule has 0 aliphatic carbocycles. The summed E-state index contributed by atoms with van der Waals surface area (Å²) in [6, 6.07) is 17.7. The van der Waals surface area contributed by atoms with E-state index in [1.807, 2.05) is 26.0 Å². The second-order valence-corrected chi connectivity index (χ2v) is 12.1. The van der Waals surface area contributed by atoms with E-state index in [2.05, 4.69) is 27.8 Å². The molecule has 48 heavy (non-hydrogen) atoms. The van der Waals surface area contributed by atoms with E-state index in [0.717, 1.165) is 50.8 Å². The normalized spacial score (nSPS) is 13.6. The van der Waals surface area contributed by atoms with Gasteiger partial charge in [-0.3, -0.25) is 4.79 Å². The molecule has 1 aliphatic heterocycles. The molecule has 10 heteroatoms. The first kappa shape index (κ1) is 36.6. The molecule has 3 aromatic rings. The summed E-state index contributed by atoms with van der Waals surface area (Å²) in [5.74, 6) is 1.96. The van der Waals surface area contributed by atoms with Crippen LogP contribution in [0.2, 0.25) is 0 Å². The van der Waals surface area contributed by atoms with Crippen LogP contribution in [-0.2, 0) is 11.2 Å². The highest BCUT2D eigenvalue weighted by atomic mass is 16.5. The SMILES string of the molecule is CCCCN1CCC(OCCc2ccc(C(=O)Nc3ccc(Oc4ccc(NC(=O)NC(CC)CC)cc4OC)cc3)cc2OC)CC1. The number of nitrogens with zero attached hydrogens (tertiary/aromatic N) is 1. The maximum atomic E-state index is 13.1. The summed E-state index contributed by atoms with van der Waals surface area (Å²) < 4.78 is 23.4. The van der Waals surface area contributed by atoms with Crippen LogP contribution in [0, 0.1) is 0 Å². The van der Waals surface area contributed by atoms with Gasteiger partial charge in [-0.1, -0.05) is 33.3 Å². The number of benzene rings is 3. The molecule has 3 aromatic carbocycles. The number of carbonyl (C=O) groups is 2. The summed E-state index contributed by atoms with van der Waals surface area (Å²) in [7, 11) is 3.17. The van der Waals surface area contributed by atoms with Gasteiger partial charge in [-0.15, -0.1) is 0 Å². The number of amides is 3. The maximum absolute atomic E-state index is 13.1. The standard InChI is InChI=1S/C38H52N4O6/c1-6-9-21-42-22-18-32(19-23-42)47-24-20-27-10-11-28(25-35(27)45-4)37(43)39-30-12-15-33(16-13-30)48-34-17-14-31(26-36(34)46-5)41-38(44)40-29(7-2)8-3/h10-17,25-26,29,32H,6-9,18-24H2,1-5H3,(H,39,43)(H2,40,41,44). The molecule has 1 heterocycles. The Bertz CT molecular complexity index is 1450. The number of hydrogen-bond acceptors (Lipinski definition) is 7. The number of rotatable bonds is 17. The Morgan fingerprint density at radius 2 is 1.54 bits per heavy atom. The molecule has 0 unspecified atom stereocenters. The molecule has 0 radical (unpaired) electrons. The quantitative estimate of drug-likeness (QED) is 0.135. The first-order valence-electron chi connectivity index (χ1n) is 17.2. The van der Waals surface area contributed by atoms with Crippen LogP contribution in [-0.4, -0.2) is 69.4 Å². The molecule has 3 amide bonds. The van der Waals surface area contributed by atoms with Crippen LogP contribution in [0.5, 0.6) is 23.0 Å². The zero-order valence-corrected chi connectivity index (χ0v) is 29.1. The Hall–Kier alpha value is -4.28. The highest BCUT2D eigenvalue weighted by Gasteiger charge is 2.20. The van der Waals surface area contributed by atoms with Gasteiger partial charge in [0, 0.05) is 42.1 Å². The summed E-state index contributed by atoms with van der Waals surface area (Å²) in [5.41, 5.74) is 2.73. The molecular formula is C38H52N4O6. The van der Waals surface area contributed by atoms with E-state index in [1.54, 1.807) is 62.8 Å². The Balaban J connectivity index is 1.27. The van der Waals surface area contributed by atoms with Crippen molar-refractivity contribution in [2.24, 2.45) is 0 Å². The number of unbranched alkanes of at least 4 members (excludes halogenated alkanes) is 1. The van der Waals surface area contributed by atoms with Crippen LogP contribution >= 0.6 is 0 Å². The minimum Gasteiger partial charge on any atom is -0.496 e. The predicted octanol–water partition coefficient (Wildman–Crippen LogP) is 7.88. The van der Waals surface area contributed by atoms with Crippen LogP contribution in [0.15, 0.2) is 60.7 Å². The molecule has 1 aliphatic rings. The first-order valence-corrected chi connectivity index (χ1v) is 17.2. The van der Waals surface area contributed by atoms with E-state index in [0.29, 0.717) is 52.6 Å². The van der Waals surface area contributed by atoms with Gasteiger partial charge in [0.15, 0.2) is 11.5 Å². The summed E-state index contributed by atoms with van der Waals surface area (Å²) >= 11 is 0. The zero-order valence-electron chi connectivity index (χ0n) is 29.1. The van der Waals surface area contributed by atoms with E-state index in [1.165, 1.54) is 19.4 Å². The number of carbonyl (C=O) groups excluding carboxylic acids is 2. The number of piperidine rings is 1. The third-order valence-corrected chi connectivity index (χ3v) is 8.72.